The molecule has 0 N–H and O–H groups in total. The molecule has 0 radical (unpaired) electrons. The molecule has 404 valence electrons. The van der Waals surface area contributed by atoms with Crippen LogP contribution in [0.4, 0.5) is 50.5 Å². The molecule has 82 heavy (non-hydrogen) atoms. The van der Waals surface area contributed by atoms with Crippen molar-refractivity contribution in [1.82, 2.24) is 0 Å². The Labute approximate surface area is 491 Å². The third kappa shape index (κ3) is 9.15. The zero-order valence-electron chi connectivity index (χ0n) is 49.3. The van der Waals surface area contributed by atoms with Crippen LogP contribution >= 0.6 is 11.3 Å². The number of nitrogens with zero attached hydrogens (tertiary/aromatic N) is 3. The third-order valence-electron chi connectivity index (χ3n) is 17.4. The molecule has 0 spiro atoms. The molecule has 0 atom stereocenters. The molecular formula is C77H72BN3S. The molecule has 1 aromatic heterocycles. The first-order valence-electron chi connectivity index (χ1n) is 29.2. The van der Waals surface area contributed by atoms with E-state index < -0.39 is 0 Å². The molecule has 5 heteroatoms. The van der Waals surface area contributed by atoms with Crippen LogP contribution in [-0.2, 0) is 21.7 Å². The fourth-order valence-electron chi connectivity index (χ4n) is 12.7. The minimum Gasteiger partial charge on any atom is -0.311 e. The number of anilines is 9. The summed E-state index contributed by atoms with van der Waals surface area (Å²) >= 11 is 1.93. The van der Waals surface area contributed by atoms with Crippen LogP contribution < -0.4 is 31.1 Å². The Morgan fingerprint density at radius 3 is 1.29 bits per heavy atom. The van der Waals surface area contributed by atoms with Crippen LogP contribution in [0.25, 0.3) is 32.3 Å². The summed E-state index contributed by atoms with van der Waals surface area (Å²) in [5.74, 6) is 0. The van der Waals surface area contributed by atoms with E-state index in [1.807, 2.05) is 11.3 Å². The summed E-state index contributed by atoms with van der Waals surface area (Å²) in [6, 6.07) is 89.5. The molecule has 2 aliphatic heterocycles. The molecule has 0 saturated carbocycles. The molecule has 0 saturated heterocycles. The monoisotopic (exact) mass is 1080 g/mol. The number of hydrogen-bond acceptors (Lipinski definition) is 4. The lowest BCUT2D eigenvalue weighted by Gasteiger charge is -2.45. The highest BCUT2D eigenvalue weighted by atomic mass is 32.1. The van der Waals surface area contributed by atoms with Gasteiger partial charge < -0.3 is 14.7 Å². The van der Waals surface area contributed by atoms with Crippen molar-refractivity contribution in [2.45, 2.75) is 97.8 Å². The lowest BCUT2D eigenvalue weighted by Crippen LogP contribution is -2.61. The van der Waals surface area contributed by atoms with Gasteiger partial charge in [-0.15, -0.1) is 11.3 Å². The second kappa shape index (κ2) is 20.0. The van der Waals surface area contributed by atoms with Gasteiger partial charge in [0.1, 0.15) is 0 Å². The Kier molecular flexibility index (Phi) is 12.9. The Hall–Kier alpha value is -8.38. The van der Waals surface area contributed by atoms with Crippen LogP contribution in [0, 0.1) is 0 Å². The number of rotatable bonds is 9. The van der Waals surface area contributed by atoms with Crippen LogP contribution in [0.2, 0.25) is 0 Å². The van der Waals surface area contributed by atoms with Crippen LogP contribution in [0.15, 0.2) is 237 Å². The normalized spacial score (nSPS) is 13.2. The lowest BCUT2D eigenvalue weighted by molar-refractivity contribution is 0.590. The number of benzene rings is 10. The smallest absolute Gasteiger partial charge is 0.254 e. The standard InChI is InChI=1S/C77H72BN3S/c1-74(2,3)54-38-42-65(61(45-54)51-27-17-12-18-28-51)80-67-48-57(77(10,11)53-31-21-14-22-32-53)37-41-64(67)78-71-63-47-56(76(7,8)9)40-44-70(63)82-73(71)81(66-43-39-55(75(4,5)6)46-62(66)52-29-19-13-20-30-52)69-50-60(49-68(80)72(69)78)79(58-33-23-15-24-34-58)59-35-25-16-26-36-59/h12-50H,1-11H3. The lowest BCUT2D eigenvalue weighted by atomic mass is 9.33. The SMILES string of the molecule is CC(C)(C)c1ccc(N2c3cc(C(C)(C)c4ccccc4)ccc3B3c4c2cc(N(c2ccccc2)c2ccccc2)cc4N(c2ccc(C(C)(C)C)cc2-c2ccccc2)c2sc4ccc(C(C)(C)C)cc4c23)c(-c2ccccc2)c1. The average molecular weight is 1080 g/mol. The molecule has 3 heterocycles. The first-order chi connectivity index (χ1) is 39.3. The summed E-state index contributed by atoms with van der Waals surface area (Å²) < 4.78 is 1.29. The average Bonchev–Trinajstić information content (AvgIpc) is 1.27. The van der Waals surface area contributed by atoms with E-state index in [9.17, 15) is 0 Å². The summed E-state index contributed by atoms with van der Waals surface area (Å²) in [5.41, 5.74) is 23.7. The predicted molar refractivity (Wildman–Crippen MR) is 356 cm³/mol. The molecule has 13 rings (SSSR count). The van der Waals surface area contributed by atoms with Gasteiger partial charge in [0.05, 0.1) is 22.1 Å². The maximum Gasteiger partial charge on any atom is 0.254 e. The zero-order valence-corrected chi connectivity index (χ0v) is 50.2. The van der Waals surface area contributed by atoms with Gasteiger partial charge in [0.2, 0.25) is 0 Å². The molecule has 0 fully saturated rings. The zero-order chi connectivity index (χ0) is 56.9. The molecule has 10 aromatic carbocycles. The largest absolute Gasteiger partial charge is 0.311 e. The maximum absolute atomic E-state index is 2.68. The van der Waals surface area contributed by atoms with E-state index in [1.54, 1.807) is 0 Å². The van der Waals surface area contributed by atoms with Crippen LogP contribution in [-0.4, -0.2) is 6.71 Å². The van der Waals surface area contributed by atoms with Crippen molar-refractivity contribution in [3.63, 3.8) is 0 Å². The van der Waals surface area contributed by atoms with Gasteiger partial charge in [-0.1, -0.05) is 240 Å². The topological polar surface area (TPSA) is 9.72 Å². The van der Waals surface area contributed by atoms with Crippen molar-refractivity contribution in [2.75, 3.05) is 14.7 Å². The van der Waals surface area contributed by atoms with E-state index in [-0.39, 0.29) is 28.4 Å². The molecule has 0 aliphatic carbocycles. The van der Waals surface area contributed by atoms with Gasteiger partial charge in [-0.3, -0.25) is 0 Å². The molecule has 11 aromatic rings. The molecule has 0 amide bonds. The van der Waals surface area contributed by atoms with Crippen molar-refractivity contribution in [1.29, 1.82) is 0 Å². The van der Waals surface area contributed by atoms with Crippen molar-refractivity contribution < 1.29 is 0 Å². The fourth-order valence-corrected chi connectivity index (χ4v) is 13.9. The van der Waals surface area contributed by atoms with Crippen molar-refractivity contribution >= 4 is 95.0 Å². The van der Waals surface area contributed by atoms with Gasteiger partial charge in [0.25, 0.3) is 6.71 Å². The van der Waals surface area contributed by atoms with E-state index in [0.29, 0.717) is 0 Å². The summed E-state index contributed by atoms with van der Waals surface area (Å²) in [6.07, 6.45) is 0. The van der Waals surface area contributed by atoms with Gasteiger partial charge in [0.15, 0.2) is 0 Å². The Morgan fingerprint density at radius 1 is 0.341 bits per heavy atom. The summed E-state index contributed by atoms with van der Waals surface area (Å²) in [6.45, 7) is 25.7. The van der Waals surface area contributed by atoms with E-state index in [2.05, 4.69) is 327 Å². The molecule has 0 unspecified atom stereocenters. The molecule has 0 bridgehead atoms. The highest BCUT2D eigenvalue weighted by Crippen LogP contribution is 2.54. The second-order valence-corrected chi connectivity index (χ2v) is 27.3. The minimum absolute atomic E-state index is 0.0663. The highest BCUT2D eigenvalue weighted by Gasteiger charge is 2.47. The van der Waals surface area contributed by atoms with E-state index in [4.69, 9.17) is 0 Å². The van der Waals surface area contributed by atoms with Gasteiger partial charge >= 0.3 is 0 Å². The number of hydrogen-bond donors (Lipinski definition) is 0. The van der Waals surface area contributed by atoms with Crippen molar-refractivity contribution in [3.8, 4) is 22.3 Å². The highest BCUT2D eigenvalue weighted by molar-refractivity contribution is 7.26. The molecule has 3 nitrogen and oxygen atoms in total. The van der Waals surface area contributed by atoms with Gasteiger partial charge in [-0.2, -0.15) is 0 Å². The Balaban J connectivity index is 1.23. The van der Waals surface area contributed by atoms with Gasteiger partial charge in [0, 0.05) is 49.7 Å². The Bertz CT molecular complexity index is 4140. The first-order valence-corrected chi connectivity index (χ1v) is 30.0. The second-order valence-electron chi connectivity index (χ2n) is 26.3. The maximum atomic E-state index is 2.68. The van der Waals surface area contributed by atoms with Crippen molar-refractivity contribution in [3.05, 3.63) is 264 Å². The quantitative estimate of drug-likeness (QED) is 0.133. The minimum atomic E-state index is -0.316. The Morgan fingerprint density at radius 2 is 0.780 bits per heavy atom. The van der Waals surface area contributed by atoms with Gasteiger partial charge in [-0.05, 0) is 150 Å². The van der Waals surface area contributed by atoms with Crippen LogP contribution in [0.1, 0.15) is 104 Å². The predicted octanol–water partition coefficient (Wildman–Crippen LogP) is 20.0. The van der Waals surface area contributed by atoms with Crippen molar-refractivity contribution in [2.24, 2.45) is 0 Å². The third-order valence-corrected chi connectivity index (χ3v) is 18.6. The van der Waals surface area contributed by atoms with E-state index in [0.717, 1.165) is 34.1 Å². The summed E-state index contributed by atoms with van der Waals surface area (Å²) in [5, 5.41) is 2.57. The molecular weight excluding hydrogens is 1010 g/mol. The number of thiophene rings is 1. The van der Waals surface area contributed by atoms with E-state index in [1.165, 1.54) is 92.9 Å². The number of fused-ring (bicyclic) bond motifs is 6. The number of para-hydroxylation sites is 2. The summed E-state index contributed by atoms with van der Waals surface area (Å²) in [7, 11) is 0. The summed E-state index contributed by atoms with van der Waals surface area (Å²) in [4.78, 5) is 7.81. The fraction of sp³-hybridized carbons (Fsp3) is 0.195. The van der Waals surface area contributed by atoms with Crippen LogP contribution in [0.3, 0.4) is 0 Å². The van der Waals surface area contributed by atoms with E-state index >= 15 is 0 Å². The van der Waals surface area contributed by atoms with Crippen LogP contribution in [0.5, 0.6) is 0 Å². The first kappa shape index (κ1) is 53.0. The molecule has 2 aliphatic rings. The van der Waals surface area contributed by atoms with Gasteiger partial charge in [-0.25, -0.2) is 0 Å².